The Kier molecular flexibility index (Phi) is 0.883. The van der Waals surface area contributed by atoms with E-state index >= 15 is 0 Å². The molecule has 7 heavy (non-hydrogen) atoms. The standard InChI is InChI=1S/C3H7N3O/c4-3-6(5)1-2-7-3/h1-3H,4-5H2. The van der Waals surface area contributed by atoms with Crippen LogP contribution in [-0.4, -0.2) is 11.4 Å². The Hall–Kier alpha value is -0.740. The van der Waals surface area contributed by atoms with Gasteiger partial charge in [0.1, 0.15) is 6.26 Å². The first-order valence-corrected chi connectivity index (χ1v) is 1.91. The first kappa shape index (κ1) is 4.42. The van der Waals surface area contributed by atoms with Crippen LogP contribution in [0.2, 0.25) is 0 Å². The van der Waals surface area contributed by atoms with Gasteiger partial charge in [0, 0.05) is 0 Å². The molecule has 1 rings (SSSR count). The van der Waals surface area contributed by atoms with Crippen LogP contribution >= 0.6 is 0 Å². The molecule has 0 saturated carbocycles. The number of hydrogen-bond acceptors (Lipinski definition) is 4. The first-order chi connectivity index (χ1) is 3.30. The Bertz CT molecular complexity index is 92.2. The normalized spacial score (nSPS) is 28.3. The fourth-order valence-corrected chi connectivity index (χ4v) is 0.341. The monoisotopic (exact) mass is 101 g/mol. The van der Waals surface area contributed by atoms with Crippen LogP contribution in [0.3, 0.4) is 0 Å². The van der Waals surface area contributed by atoms with E-state index in [9.17, 15) is 0 Å². The lowest BCUT2D eigenvalue weighted by Crippen LogP contribution is -2.40. The highest BCUT2D eigenvalue weighted by atomic mass is 16.5. The smallest absolute Gasteiger partial charge is 0.239 e. The second-order valence-electron chi connectivity index (χ2n) is 1.26. The van der Waals surface area contributed by atoms with Gasteiger partial charge in [0.25, 0.3) is 0 Å². The Morgan fingerprint density at radius 1 is 1.71 bits per heavy atom. The summed E-state index contributed by atoms with van der Waals surface area (Å²) in [6.07, 6.45) is 2.52. The van der Waals surface area contributed by atoms with Gasteiger partial charge < -0.3 is 4.74 Å². The second-order valence-corrected chi connectivity index (χ2v) is 1.26. The molecule has 0 aliphatic carbocycles. The van der Waals surface area contributed by atoms with Crippen LogP contribution < -0.4 is 11.6 Å². The van der Waals surface area contributed by atoms with E-state index in [2.05, 4.69) is 4.74 Å². The van der Waals surface area contributed by atoms with Crippen molar-refractivity contribution in [2.75, 3.05) is 0 Å². The lowest BCUT2D eigenvalue weighted by atomic mass is 10.9. The molecule has 4 heteroatoms. The molecule has 0 aromatic rings. The minimum atomic E-state index is -0.486. The van der Waals surface area contributed by atoms with E-state index in [1.54, 1.807) is 6.20 Å². The van der Waals surface area contributed by atoms with Gasteiger partial charge in [-0.1, -0.05) is 0 Å². The molecule has 1 aliphatic heterocycles. The molecule has 1 atom stereocenters. The Morgan fingerprint density at radius 2 is 2.43 bits per heavy atom. The maximum Gasteiger partial charge on any atom is 0.239 e. The largest absolute Gasteiger partial charge is 0.462 e. The summed E-state index contributed by atoms with van der Waals surface area (Å²) in [5, 5.41) is 1.28. The van der Waals surface area contributed by atoms with Crippen molar-refractivity contribution in [2.24, 2.45) is 11.6 Å². The summed E-state index contributed by atoms with van der Waals surface area (Å²) < 4.78 is 4.66. The highest BCUT2D eigenvalue weighted by molar-refractivity contribution is 4.78. The predicted octanol–water partition coefficient (Wildman–Crippen LogP) is -1.09. The molecule has 4 nitrogen and oxygen atoms in total. The third-order valence-corrected chi connectivity index (χ3v) is 0.745. The van der Waals surface area contributed by atoms with Crippen LogP contribution in [0.15, 0.2) is 12.5 Å². The SMILES string of the molecule is NC1OC=CN1N. The quantitative estimate of drug-likeness (QED) is 0.380. The topological polar surface area (TPSA) is 64.5 Å². The predicted molar refractivity (Wildman–Crippen MR) is 24.2 cm³/mol. The molecule has 0 aromatic carbocycles. The molecule has 0 spiro atoms. The van der Waals surface area contributed by atoms with Gasteiger partial charge in [0.05, 0.1) is 6.20 Å². The Balaban J connectivity index is 2.45. The fraction of sp³-hybridized carbons (Fsp3) is 0.333. The lowest BCUT2D eigenvalue weighted by molar-refractivity contribution is 0.0637. The maximum atomic E-state index is 5.19. The average Bonchev–Trinajstić information content (AvgIpc) is 1.91. The van der Waals surface area contributed by atoms with Crippen LogP contribution in [0.5, 0.6) is 0 Å². The van der Waals surface area contributed by atoms with Crippen molar-refractivity contribution in [3.05, 3.63) is 12.5 Å². The molecule has 1 heterocycles. The van der Waals surface area contributed by atoms with Crippen molar-refractivity contribution in [1.29, 1.82) is 0 Å². The molecule has 0 saturated heterocycles. The number of ether oxygens (including phenoxy) is 1. The Labute approximate surface area is 41.3 Å². The van der Waals surface area contributed by atoms with Gasteiger partial charge in [-0.25, -0.2) is 5.84 Å². The van der Waals surface area contributed by atoms with Crippen molar-refractivity contribution in [3.8, 4) is 0 Å². The molecule has 0 amide bonds. The zero-order chi connectivity index (χ0) is 5.28. The summed E-state index contributed by atoms with van der Waals surface area (Å²) in [4.78, 5) is 0. The summed E-state index contributed by atoms with van der Waals surface area (Å²) >= 11 is 0. The molecular formula is C3H7N3O. The number of nitrogens with zero attached hydrogens (tertiary/aromatic N) is 1. The van der Waals surface area contributed by atoms with E-state index in [1.165, 1.54) is 11.3 Å². The molecule has 1 aliphatic rings. The third-order valence-electron chi connectivity index (χ3n) is 0.745. The Morgan fingerprint density at radius 3 is 2.57 bits per heavy atom. The fourth-order valence-electron chi connectivity index (χ4n) is 0.341. The zero-order valence-electron chi connectivity index (χ0n) is 3.74. The molecule has 0 aromatic heterocycles. The number of hydrazine groups is 1. The highest BCUT2D eigenvalue weighted by Gasteiger charge is 2.09. The summed E-state index contributed by atoms with van der Waals surface area (Å²) in [7, 11) is 0. The van der Waals surface area contributed by atoms with Gasteiger partial charge in [-0.3, -0.25) is 10.7 Å². The van der Waals surface area contributed by atoms with Crippen LogP contribution in [0.25, 0.3) is 0 Å². The van der Waals surface area contributed by atoms with E-state index in [1.807, 2.05) is 0 Å². The van der Waals surface area contributed by atoms with Crippen molar-refractivity contribution in [2.45, 2.75) is 6.35 Å². The summed E-state index contributed by atoms with van der Waals surface area (Å²) in [5.41, 5.74) is 5.19. The lowest BCUT2D eigenvalue weighted by Gasteiger charge is -2.12. The van der Waals surface area contributed by atoms with Gasteiger partial charge in [0.2, 0.25) is 6.35 Å². The highest BCUT2D eigenvalue weighted by Crippen LogP contribution is 1.97. The molecule has 4 N–H and O–H groups in total. The maximum absolute atomic E-state index is 5.19. The van der Waals surface area contributed by atoms with Crippen LogP contribution in [-0.2, 0) is 4.74 Å². The van der Waals surface area contributed by atoms with Crippen LogP contribution in [0, 0.1) is 0 Å². The first-order valence-electron chi connectivity index (χ1n) is 1.91. The summed E-state index contributed by atoms with van der Waals surface area (Å²) in [5.74, 6) is 5.17. The van der Waals surface area contributed by atoms with Gasteiger partial charge in [-0.15, -0.1) is 0 Å². The van der Waals surface area contributed by atoms with Gasteiger partial charge >= 0.3 is 0 Å². The zero-order valence-corrected chi connectivity index (χ0v) is 3.74. The number of nitrogens with two attached hydrogens (primary N) is 2. The van der Waals surface area contributed by atoms with E-state index in [0.29, 0.717) is 0 Å². The van der Waals surface area contributed by atoms with Crippen molar-refractivity contribution >= 4 is 0 Å². The van der Waals surface area contributed by atoms with Gasteiger partial charge in [0.15, 0.2) is 0 Å². The molecule has 0 bridgehead atoms. The molecule has 1 unspecified atom stereocenters. The molecule has 0 radical (unpaired) electrons. The molecule has 40 valence electrons. The van der Waals surface area contributed by atoms with E-state index in [-0.39, 0.29) is 0 Å². The average molecular weight is 101 g/mol. The minimum Gasteiger partial charge on any atom is -0.462 e. The van der Waals surface area contributed by atoms with Gasteiger partial charge in [-0.05, 0) is 0 Å². The van der Waals surface area contributed by atoms with Crippen LogP contribution in [0.4, 0.5) is 0 Å². The molecular weight excluding hydrogens is 94.1 g/mol. The second kappa shape index (κ2) is 1.40. The van der Waals surface area contributed by atoms with E-state index in [4.69, 9.17) is 11.6 Å². The van der Waals surface area contributed by atoms with Crippen molar-refractivity contribution in [3.63, 3.8) is 0 Å². The van der Waals surface area contributed by atoms with E-state index in [0.717, 1.165) is 0 Å². The summed E-state index contributed by atoms with van der Waals surface area (Å²) in [6.45, 7) is 0. The number of hydrogen-bond donors (Lipinski definition) is 2. The van der Waals surface area contributed by atoms with Crippen molar-refractivity contribution in [1.82, 2.24) is 5.01 Å². The number of rotatable bonds is 0. The van der Waals surface area contributed by atoms with Crippen molar-refractivity contribution < 1.29 is 4.74 Å². The summed E-state index contributed by atoms with van der Waals surface area (Å²) in [6, 6.07) is 0. The third kappa shape index (κ3) is 0.652. The molecule has 0 fully saturated rings. The van der Waals surface area contributed by atoms with Gasteiger partial charge in [-0.2, -0.15) is 0 Å². The van der Waals surface area contributed by atoms with Crippen LogP contribution in [0.1, 0.15) is 0 Å². The van der Waals surface area contributed by atoms with E-state index < -0.39 is 6.35 Å². The minimum absolute atomic E-state index is 0.486.